The Kier molecular flexibility index (Phi) is 3.06. The summed E-state index contributed by atoms with van der Waals surface area (Å²) in [7, 11) is 0. The minimum atomic E-state index is -0.424. The number of nitrogens with zero attached hydrogens (tertiary/aromatic N) is 1. The van der Waals surface area contributed by atoms with Gasteiger partial charge in [0.25, 0.3) is 0 Å². The van der Waals surface area contributed by atoms with Crippen LogP contribution in [0.2, 0.25) is 0 Å². The fraction of sp³-hybridized carbons (Fsp3) is 0.250. The zero-order chi connectivity index (χ0) is 9.68. The molecule has 0 aromatic carbocycles. The fourth-order valence-corrected chi connectivity index (χ4v) is 0.842. The zero-order valence-electron chi connectivity index (χ0n) is 6.91. The minimum Gasteiger partial charge on any atom is -0.449 e. The first-order chi connectivity index (χ1) is 6.22. The monoisotopic (exact) mass is 179 g/mol. The topological polar surface area (TPSA) is 92.0 Å². The number of nitriles is 1. The lowest BCUT2D eigenvalue weighted by molar-refractivity contribution is -0.117. The van der Waals surface area contributed by atoms with Crippen LogP contribution in [-0.4, -0.2) is 12.5 Å². The Balaban J connectivity index is 2.38. The summed E-state index contributed by atoms with van der Waals surface area (Å²) >= 11 is 0. The number of nitrogens with two attached hydrogens (primary N) is 1. The number of rotatable bonds is 4. The highest BCUT2D eigenvalue weighted by atomic mass is 16.3. The smallest absolute Gasteiger partial charge is 0.231 e. The van der Waals surface area contributed by atoms with Crippen LogP contribution in [0.1, 0.15) is 11.5 Å². The molecule has 5 nitrogen and oxygen atoms in total. The molecule has 0 bridgehead atoms. The molecule has 0 atom stereocenters. The van der Waals surface area contributed by atoms with E-state index in [9.17, 15) is 4.79 Å². The number of hydrogen-bond acceptors (Lipinski definition) is 4. The predicted octanol–water partition coefficient (Wildman–Crippen LogP) is -0.274. The van der Waals surface area contributed by atoms with Gasteiger partial charge in [-0.25, -0.2) is 0 Å². The van der Waals surface area contributed by atoms with Crippen molar-refractivity contribution in [2.75, 3.05) is 6.54 Å². The largest absolute Gasteiger partial charge is 0.449 e. The molecule has 1 rings (SSSR count). The first-order valence-corrected chi connectivity index (χ1v) is 3.70. The van der Waals surface area contributed by atoms with Gasteiger partial charge < -0.3 is 15.5 Å². The van der Waals surface area contributed by atoms with E-state index in [1.807, 2.05) is 6.07 Å². The van der Waals surface area contributed by atoms with Gasteiger partial charge in [-0.05, 0) is 12.1 Å². The van der Waals surface area contributed by atoms with Crippen molar-refractivity contribution in [3.63, 3.8) is 0 Å². The molecule has 0 spiro atoms. The second-order valence-electron chi connectivity index (χ2n) is 2.45. The second kappa shape index (κ2) is 4.28. The van der Waals surface area contributed by atoms with E-state index in [4.69, 9.17) is 15.4 Å². The molecule has 1 heterocycles. The summed E-state index contributed by atoms with van der Waals surface area (Å²) in [6, 6.07) is 5.10. The molecule has 0 radical (unpaired) electrons. The average molecular weight is 179 g/mol. The summed E-state index contributed by atoms with van der Waals surface area (Å²) < 4.78 is 5.04. The Morgan fingerprint density at radius 1 is 1.69 bits per heavy atom. The molecule has 0 aliphatic heterocycles. The third-order valence-electron chi connectivity index (χ3n) is 1.37. The second-order valence-corrected chi connectivity index (χ2v) is 2.45. The quantitative estimate of drug-likeness (QED) is 0.665. The van der Waals surface area contributed by atoms with Crippen LogP contribution in [0, 0.1) is 11.3 Å². The molecule has 0 unspecified atom stereocenters. The van der Waals surface area contributed by atoms with Crippen LogP contribution in [0.15, 0.2) is 16.5 Å². The van der Waals surface area contributed by atoms with Crippen molar-refractivity contribution in [2.45, 2.75) is 6.54 Å². The molecule has 1 amide bonds. The standard InChI is InChI=1S/C8H9N3O2/c9-3-6-1-2-7(13-6)4-11-5-8(10)12/h1-2,11H,4-5H2,(H2,10,12). The fourth-order valence-electron chi connectivity index (χ4n) is 0.842. The van der Waals surface area contributed by atoms with Gasteiger partial charge in [0.1, 0.15) is 11.8 Å². The van der Waals surface area contributed by atoms with Crippen LogP contribution in [0.25, 0.3) is 0 Å². The van der Waals surface area contributed by atoms with E-state index in [0.717, 1.165) is 0 Å². The van der Waals surface area contributed by atoms with Crippen LogP contribution in [0.5, 0.6) is 0 Å². The normalized spacial score (nSPS) is 9.46. The zero-order valence-corrected chi connectivity index (χ0v) is 6.91. The molecule has 0 aliphatic carbocycles. The molecule has 1 aromatic rings. The van der Waals surface area contributed by atoms with Gasteiger partial charge in [0.15, 0.2) is 0 Å². The van der Waals surface area contributed by atoms with E-state index in [-0.39, 0.29) is 12.3 Å². The van der Waals surface area contributed by atoms with E-state index >= 15 is 0 Å². The van der Waals surface area contributed by atoms with Gasteiger partial charge in [0.05, 0.1) is 13.1 Å². The van der Waals surface area contributed by atoms with Crippen molar-refractivity contribution in [3.05, 3.63) is 23.7 Å². The number of carbonyl (C=O) groups is 1. The molecule has 0 saturated carbocycles. The van der Waals surface area contributed by atoms with Crippen LogP contribution >= 0.6 is 0 Å². The van der Waals surface area contributed by atoms with Crippen LogP contribution in [-0.2, 0) is 11.3 Å². The van der Waals surface area contributed by atoms with Gasteiger partial charge in [0.2, 0.25) is 11.7 Å². The number of primary amides is 1. The van der Waals surface area contributed by atoms with Crippen molar-refractivity contribution in [1.29, 1.82) is 5.26 Å². The minimum absolute atomic E-state index is 0.0998. The van der Waals surface area contributed by atoms with Crippen molar-refractivity contribution in [1.82, 2.24) is 5.32 Å². The van der Waals surface area contributed by atoms with E-state index in [2.05, 4.69) is 5.32 Å². The van der Waals surface area contributed by atoms with Gasteiger partial charge in [-0.3, -0.25) is 4.79 Å². The molecular weight excluding hydrogens is 170 g/mol. The van der Waals surface area contributed by atoms with Crippen molar-refractivity contribution in [3.8, 4) is 6.07 Å². The Morgan fingerprint density at radius 3 is 3.00 bits per heavy atom. The molecule has 0 aliphatic rings. The van der Waals surface area contributed by atoms with Crippen molar-refractivity contribution < 1.29 is 9.21 Å². The maximum atomic E-state index is 10.3. The molecular formula is C8H9N3O2. The molecule has 0 fully saturated rings. The molecule has 68 valence electrons. The lowest BCUT2D eigenvalue weighted by atomic mass is 10.4. The van der Waals surface area contributed by atoms with E-state index in [1.165, 1.54) is 0 Å². The maximum absolute atomic E-state index is 10.3. The van der Waals surface area contributed by atoms with Gasteiger partial charge in [-0.2, -0.15) is 5.26 Å². The third kappa shape index (κ3) is 2.97. The first-order valence-electron chi connectivity index (χ1n) is 3.70. The van der Waals surface area contributed by atoms with Crippen LogP contribution < -0.4 is 11.1 Å². The van der Waals surface area contributed by atoms with Crippen molar-refractivity contribution in [2.24, 2.45) is 5.73 Å². The van der Waals surface area contributed by atoms with E-state index < -0.39 is 5.91 Å². The molecule has 5 heteroatoms. The van der Waals surface area contributed by atoms with Crippen molar-refractivity contribution >= 4 is 5.91 Å². The van der Waals surface area contributed by atoms with Gasteiger partial charge in [0, 0.05) is 0 Å². The number of hydrogen-bond donors (Lipinski definition) is 2. The Labute approximate surface area is 75.1 Å². The van der Waals surface area contributed by atoms with Gasteiger partial charge >= 0.3 is 0 Å². The number of carbonyl (C=O) groups excluding carboxylic acids is 1. The first kappa shape index (κ1) is 9.29. The van der Waals surface area contributed by atoms with E-state index in [0.29, 0.717) is 12.3 Å². The Bertz CT molecular complexity index is 337. The average Bonchev–Trinajstić information content (AvgIpc) is 2.52. The number of nitrogens with one attached hydrogen (secondary N) is 1. The number of amides is 1. The summed E-state index contributed by atoms with van der Waals surface area (Å²) in [4.78, 5) is 10.3. The maximum Gasteiger partial charge on any atom is 0.231 e. The van der Waals surface area contributed by atoms with E-state index in [1.54, 1.807) is 12.1 Å². The Hall–Kier alpha value is -1.80. The SMILES string of the molecule is N#Cc1ccc(CNCC(N)=O)o1. The van der Waals surface area contributed by atoms with Gasteiger partial charge in [-0.1, -0.05) is 0 Å². The summed E-state index contributed by atoms with van der Waals surface area (Å²) in [6.07, 6.45) is 0. The molecule has 13 heavy (non-hydrogen) atoms. The third-order valence-corrected chi connectivity index (χ3v) is 1.37. The van der Waals surface area contributed by atoms with Gasteiger partial charge in [-0.15, -0.1) is 0 Å². The van der Waals surface area contributed by atoms with Crippen LogP contribution in [0.4, 0.5) is 0 Å². The van der Waals surface area contributed by atoms with Crippen LogP contribution in [0.3, 0.4) is 0 Å². The summed E-state index contributed by atoms with van der Waals surface area (Å²) in [5, 5.41) is 11.2. The number of furan rings is 1. The summed E-state index contributed by atoms with van der Waals surface area (Å²) in [6.45, 7) is 0.493. The molecule has 3 N–H and O–H groups in total. The highest BCUT2D eigenvalue weighted by Crippen LogP contribution is 2.05. The molecule has 1 aromatic heterocycles. The Morgan fingerprint density at radius 2 is 2.46 bits per heavy atom. The highest BCUT2D eigenvalue weighted by Gasteiger charge is 2.00. The highest BCUT2D eigenvalue weighted by molar-refractivity contribution is 5.75. The predicted molar refractivity (Wildman–Crippen MR) is 44.3 cm³/mol. The molecule has 0 saturated heterocycles. The summed E-state index contributed by atoms with van der Waals surface area (Å²) in [5.41, 5.74) is 4.90. The lowest BCUT2D eigenvalue weighted by Crippen LogP contribution is -2.27. The summed E-state index contributed by atoms with van der Waals surface area (Å²) in [5.74, 6) is 0.445. The lowest BCUT2D eigenvalue weighted by Gasteiger charge is -1.97.